The number of anilines is 1. The first-order valence-electron chi connectivity index (χ1n) is 6.49. The summed E-state index contributed by atoms with van der Waals surface area (Å²) in [6.45, 7) is 0.532. The number of ether oxygens (including phenoxy) is 1. The van der Waals surface area contributed by atoms with E-state index in [1.165, 1.54) is 0 Å². The summed E-state index contributed by atoms with van der Waals surface area (Å²) in [5, 5.41) is 9.05. The van der Waals surface area contributed by atoms with Crippen LogP contribution in [0.4, 0.5) is 5.95 Å². The number of methoxy groups -OCH3 is 1. The van der Waals surface area contributed by atoms with Gasteiger partial charge in [-0.25, -0.2) is 4.98 Å². The van der Waals surface area contributed by atoms with Crippen LogP contribution in [-0.2, 0) is 11.3 Å². The van der Waals surface area contributed by atoms with E-state index in [-0.39, 0.29) is 0 Å². The minimum Gasteiger partial charge on any atom is -0.380 e. The van der Waals surface area contributed by atoms with Crippen molar-refractivity contribution in [3.63, 3.8) is 0 Å². The van der Waals surface area contributed by atoms with Crippen molar-refractivity contribution in [3.8, 4) is 11.8 Å². The van der Waals surface area contributed by atoms with Crippen LogP contribution in [0.1, 0.15) is 11.1 Å². The van der Waals surface area contributed by atoms with Crippen LogP contribution >= 0.6 is 0 Å². The Labute approximate surface area is 122 Å². The first-order valence-corrected chi connectivity index (χ1v) is 6.49. The fourth-order valence-electron chi connectivity index (χ4n) is 2.39. The summed E-state index contributed by atoms with van der Waals surface area (Å²) in [6.07, 6.45) is 0. The monoisotopic (exact) mass is 278 g/mol. The second-order valence-electron chi connectivity index (χ2n) is 4.72. The summed E-state index contributed by atoms with van der Waals surface area (Å²) in [5.41, 5.74) is 10.2. The van der Waals surface area contributed by atoms with Gasteiger partial charge in [-0.2, -0.15) is 5.26 Å². The van der Waals surface area contributed by atoms with Gasteiger partial charge in [0.05, 0.1) is 29.3 Å². The van der Waals surface area contributed by atoms with Gasteiger partial charge < -0.3 is 10.5 Å². The van der Waals surface area contributed by atoms with E-state index in [2.05, 4.69) is 11.1 Å². The molecule has 0 atom stereocenters. The maximum atomic E-state index is 9.05. The zero-order valence-corrected chi connectivity index (χ0v) is 11.6. The van der Waals surface area contributed by atoms with E-state index >= 15 is 0 Å². The number of fused-ring (bicyclic) bond motifs is 1. The third-order valence-electron chi connectivity index (χ3n) is 3.29. The summed E-state index contributed by atoms with van der Waals surface area (Å²) in [5.74, 6) is 0.398. The number of hydrogen-bond acceptors (Lipinski definition) is 4. The molecule has 0 aliphatic rings. The molecule has 0 aliphatic carbocycles. The Kier molecular flexibility index (Phi) is 3.30. The quantitative estimate of drug-likeness (QED) is 0.799. The summed E-state index contributed by atoms with van der Waals surface area (Å²) in [7, 11) is 1.66. The van der Waals surface area contributed by atoms with Gasteiger partial charge in [0.15, 0.2) is 0 Å². The van der Waals surface area contributed by atoms with Gasteiger partial charge in [-0.3, -0.25) is 4.57 Å². The zero-order chi connectivity index (χ0) is 14.8. The summed E-state index contributed by atoms with van der Waals surface area (Å²) in [6, 6.07) is 15.4. The van der Waals surface area contributed by atoms with Crippen LogP contribution in [0, 0.1) is 11.3 Å². The van der Waals surface area contributed by atoms with Gasteiger partial charge in [0.1, 0.15) is 0 Å². The number of nitriles is 1. The molecule has 0 amide bonds. The van der Waals surface area contributed by atoms with Crippen molar-refractivity contribution in [2.75, 3.05) is 12.8 Å². The Morgan fingerprint density at radius 3 is 2.90 bits per heavy atom. The Bertz CT molecular complexity index is 845. The summed E-state index contributed by atoms with van der Waals surface area (Å²) >= 11 is 0. The Morgan fingerprint density at radius 2 is 2.14 bits per heavy atom. The van der Waals surface area contributed by atoms with E-state index in [9.17, 15) is 0 Å². The minimum atomic E-state index is 0.398. The van der Waals surface area contributed by atoms with Gasteiger partial charge >= 0.3 is 0 Å². The number of hydrogen-bond donors (Lipinski definition) is 1. The molecule has 5 nitrogen and oxygen atoms in total. The Balaban J connectivity index is 2.21. The fraction of sp³-hybridized carbons (Fsp3) is 0.125. The number of nitrogen functional groups attached to an aromatic ring is 1. The van der Waals surface area contributed by atoms with E-state index in [4.69, 9.17) is 15.7 Å². The van der Waals surface area contributed by atoms with Gasteiger partial charge in [0.2, 0.25) is 5.95 Å². The molecule has 3 rings (SSSR count). The molecule has 104 valence electrons. The molecule has 21 heavy (non-hydrogen) atoms. The number of benzene rings is 2. The molecular formula is C16H14N4O. The van der Waals surface area contributed by atoms with Gasteiger partial charge in [-0.05, 0) is 35.9 Å². The van der Waals surface area contributed by atoms with Crippen LogP contribution in [0.15, 0.2) is 42.5 Å². The van der Waals surface area contributed by atoms with E-state index < -0.39 is 0 Å². The predicted molar refractivity (Wildman–Crippen MR) is 80.9 cm³/mol. The third-order valence-corrected chi connectivity index (χ3v) is 3.29. The molecule has 0 spiro atoms. The average molecular weight is 278 g/mol. The number of imidazole rings is 1. The molecule has 5 heteroatoms. The van der Waals surface area contributed by atoms with Crippen LogP contribution in [0.25, 0.3) is 16.7 Å². The van der Waals surface area contributed by atoms with Crippen molar-refractivity contribution in [1.29, 1.82) is 5.26 Å². The maximum Gasteiger partial charge on any atom is 0.205 e. The van der Waals surface area contributed by atoms with E-state index in [0.29, 0.717) is 18.1 Å². The molecule has 0 aliphatic heterocycles. The van der Waals surface area contributed by atoms with Gasteiger partial charge in [0.25, 0.3) is 0 Å². The largest absolute Gasteiger partial charge is 0.380 e. The lowest BCUT2D eigenvalue weighted by atomic mass is 10.2. The predicted octanol–water partition coefficient (Wildman–Crippen LogP) is 2.63. The zero-order valence-electron chi connectivity index (χ0n) is 11.6. The second kappa shape index (κ2) is 5.27. The number of aromatic nitrogens is 2. The van der Waals surface area contributed by atoms with Gasteiger partial charge in [-0.1, -0.05) is 12.1 Å². The number of nitrogens with zero attached hydrogens (tertiary/aromatic N) is 3. The van der Waals surface area contributed by atoms with Crippen molar-refractivity contribution in [2.45, 2.75) is 6.61 Å². The lowest BCUT2D eigenvalue weighted by Crippen LogP contribution is -2.01. The highest BCUT2D eigenvalue weighted by Gasteiger charge is 2.11. The normalized spacial score (nSPS) is 10.7. The van der Waals surface area contributed by atoms with Gasteiger partial charge in [0, 0.05) is 12.8 Å². The Morgan fingerprint density at radius 1 is 1.29 bits per heavy atom. The highest BCUT2D eigenvalue weighted by molar-refractivity contribution is 5.82. The molecule has 1 heterocycles. The number of rotatable bonds is 3. The highest BCUT2D eigenvalue weighted by Crippen LogP contribution is 2.24. The minimum absolute atomic E-state index is 0.398. The maximum absolute atomic E-state index is 9.05. The number of nitrogens with two attached hydrogens (primary N) is 1. The molecule has 1 aromatic heterocycles. The summed E-state index contributed by atoms with van der Waals surface area (Å²) in [4.78, 5) is 4.34. The van der Waals surface area contributed by atoms with E-state index in [0.717, 1.165) is 22.3 Å². The topological polar surface area (TPSA) is 76.9 Å². The average Bonchev–Trinajstić information content (AvgIpc) is 2.82. The molecule has 2 aromatic carbocycles. The molecule has 2 N–H and O–H groups in total. The smallest absolute Gasteiger partial charge is 0.205 e. The molecule has 0 saturated heterocycles. The van der Waals surface area contributed by atoms with E-state index in [1.807, 2.05) is 28.8 Å². The summed E-state index contributed by atoms with van der Waals surface area (Å²) < 4.78 is 7.00. The third kappa shape index (κ3) is 2.33. The van der Waals surface area contributed by atoms with Crippen molar-refractivity contribution in [2.24, 2.45) is 0 Å². The lowest BCUT2D eigenvalue weighted by Gasteiger charge is -2.08. The lowest BCUT2D eigenvalue weighted by molar-refractivity contribution is 0.185. The first kappa shape index (κ1) is 13.2. The second-order valence-corrected chi connectivity index (χ2v) is 4.72. The van der Waals surface area contributed by atoms with Crippen molar-refractivity contribution in [1.82, 2.24) is 9.55 Å². The Hall–Kier alpha value is -2.84. The van der Waals surface area contributed by atoms with Crippen LogP contribution in [0.5, 0.6) is 0 Å². The van der Waals surface area contributed by atoms with Crippen molar-refractivity contribution in [3.05, 3.63) is 53.6 Å². The van der Waals surface area contributed by atoms with Crippen LogP contribution in [0.3, 0.4) is 0 Å². The molecule has 0 bridgehead atoms. The van der Waals surface area contributed by atoms with Crippen molar-refractivity contribution < 1.29 is 4.74 Å². The first-order chi connectivity index (χ1) is 10.2. The molecule has 0 saturated carbocycles. The highest BCUT2D eigenvalue weighted by atomic mass is 16.5. The van der Waals surface area contributed by atoms with Gasteiger partial charge in [-0.15, -0.1) is 0 Å². The standard InChI is InChI=1S/C16H14N4O/c1-21-10-12-3-2-4-13(7-12)20-15-8-11(9-17)5-6-14(15)19-16(20)18/h2-8H,10H2,1H3,(H2,18,19). The van der Waals surface area contributed by atoms with Crippen LogP contribution in [0.2, 0.25) is 0 Å². The fourth-order valence-corrected chi connectivity index (χ4v) is 2.39. The van der Waals surface area contributed by atoms with E-state index in [1.54, 1.807) is 25.3 Å². The molecular weight excluding hydrogens is 264 g/mol. The molecule has 0 unspecified atom stereocenters. The molecule has 3 aromatic rings. The van der Waals surface area contributed by atoms with Crippen molar-refractivity contribution >= 4 is 17.0 Å². The van der Waals surface area contributed by atoms with Crippen LogP contribution in [-0.4, -0.2) is 16.7 Å². The van der Waals surface area contributed by atoms with Crippen LogP contribution < -0.4 is 5.73 Å². The molecule has 0 radical (unpaired) electrons. The SMILES string of the molecule is COCc1cccc(-n2c(N)nc3ccc(C#N)cc32)c1. The molecule has 0 fully saturated rings.